The Labute approximate surface area is 125 Å². The van der Waals surface area contributed by atoms with Gasteiger partial charge in [0.1, 0.15) is 5.56 Å². The second-order valence-electron chi connectivity index (χ2n) is 5.93. The lowest BCUT2D eigenvalue weighted by Gasteiger charge is -2.16. The summed E-state index contributed by atoms with van der Waals surface area (Å²) in [6.07, 6.45) is 4.37. The number of H-pyrrole nitrogens is 1. The standard InChI is InChI=1S/C16H24N2O3/c1-10-9-12(3)18-16(20)14(10)15(19)17-11(2)6-7-13-5-4-8-21-13/h9,11,13H,4-8H2,1-3H3,(H,17,19)(H,18,20)/t11-,13-/m1/s1. The number of ether oxygens (including phenoxy) is 1. The van der Waals surface area contributed by atoms with Crippen molar-refractivity contribution in [3.8, 4) is 0 Å². The van der Waals surface area contributed by atoms with E-state index in [0.29, 0.717) is 11.7 Å². The first-order chi connectivity index (χ1) is 9.97. The van der Waals surface area contributed by atoms with Crippen LogP contribution >= 0.6 is 0 Å². The highest BCUT2D eigenvalue weighted by molar-refractivity contribution is 5.95. The summed E-state index contributed by atoms with van der Waals surface area (Å²) in [4.78, 5) is 26.8. The van der Waals surface area contributed by atoms with Crippen LogP contribution in [0.1, 0.15) is 54.2 Å². The summed E-state index contributed by atoms with van der Waals surface area (Å²) >= 11 is 0. The molecule has 1 aromatic rings. The smallest absolute Gasteiger partial charge is 0.261 e. The summed E-state index contributed by atoms with van der Waals surface area (Å²) in [6.45, 7) is 6.41. The lowest BCUT2D eigenvalue weighted by Crippen LogP contribution is -2.37. The van der Waals surface area contributed by atoms with Crippen molar-refractivity contribution in [1.82, 2.24) is 10.3 Å². The fourth-order valence-corrected chi connectivity index (χ4v) is 2.81. The first kappa shape index (κ1) is 15.8. The number of aromatic nitrogens is 1. The highest BCUT2D eigenvalue weighted by atomic mass is 16.5. The van der Waals surface area contributed by atoms with Crippen LogP contribution in [0.25, 0.3) is 0 Å². The molecule has 1 amide bonds. The van der Waals surface area contributed by atoms with E-state index in [1.165, 1.54) is 0 Å². The number of hydrogen-bond donors (Lipinski definition) is 2. The fraction of sp³-hybridized carbons (Fsp3) is 0.625. The van der Waals surface area contributed by atoms with Crippen LogP contribution in [-0.2, 0) is 4.74 Å². The predicted molar refractivity (Wildman–Crippen MR) is 81.7 cm³/mol. The molecule has 0 bridgehead atoms. The van der Waals surface area contributed by atoms with Crippen LogP contribution in [0.2, 0.25) is 0 Å². The van der Waals surface area contributed by atoms with Crippen LogP contribution in [0.5, 0.6) is 0 Å². The van der Waals surface area contributed by atoms with Crippen LogP contribution in [-0.4, -0.2) is 29.6 Å². The largest absolute Gasteiger partial charge is 0.378 e. The van der Waals surface area contributed by atoms with Crippen molar-refractivity contribution in [2.45, 2.75) is 58.6 Å². The molecule has 1 saturated heterocycles. The SMILES string of the molecule is Cc1cc(C)c(C(=O)N[C@H](C)CC[C@H]2CCCO2)c(=O)[nH]1. The van der Waals surface area contributed by atoms with Gasteiger partial charge in [0, 0.05) is 18.3 Å². The van der Waals surface area contributed by atoms with Crippen LogP contribution in [0.3, 0.4) is 0 Å². The zero-order chi connectivity index (χ0) is 15.4. The van der Waals surface area contributed by atoms with Gasteiger partial charge in [0.05, 0.1) is 6.10 Å². The molecule has 0 spiro atoms. The van der Waals surface area contributed by atoms with Crippen molar-refractivity contribution in [2.75, 3.05) is 6.61 Å². The molecule has 1 fully saturated rings. The van der Waals surface area contributed by atoms with Gasteiger partial charge < -0.3 is 15.0 Å². The van der Waals surface area contributed by atoms with Gasteiger partial charge in [-0.25, -0.2) is 0 Å². The molecular formula is C16H24N2O3. The summed E-state index contributed by atoms with van der Waals surface area (Å²) in [5.41, 5.74) is 1.36. The van der Waals surface area contributed by atoms with Gasteiger partial charge >= 0.3 is 0 Å². The molecule has 0 unspecified atom stereocenters. The Bertz CT molecular complexity index is 559. The third kappa shape index (κ3) is 4.17. The van der Waals surface area contributed by atoms with E-state index in [4.69, 9.17) is 4.74 Å². The molecule has 5 nitrogen and oxygen atoms in total. The third-order valence-electron chi connectivity index (χ3n) is 3.92. The fourth-order valence-electron chi connectivity index (χ4n) is 2.81. The van der Waals surface area contributed by atoms with E-state index in [1.54, 1.807) is 13.8 Å². The van der Waals surface area contributed by atoms with E-state index >= 15 is 0 Å². The monoisotopic (exact) mass is 292 g/mol. The van der Waals surface area contributed by atoms with E-state index in [0.717, 1.165) is 38.0 Å². The van der Waals surface area contributed by atoms with Gasteiger partial charge in [-0.05, 0) is 58.1 Å². The second kappa shape index (κ2) is 6.89. The summed E-state index contributed by atoms with van der Waals surface area (Å²) in [6, 6.07) is 1.84. The molecule has 1 aliphatic heterocycles. The average Bonchev–Trinajstić information content (AvgIpc) is 2.88. The lowest BCUT2D eigenvalue weighted by molar-refractivity contribution is 0.0897. The Balaban J connectivity index is 1.93. The molecule has 1 aliphatic rings. The molecule has 116 valence electrons. The molecule has 2 rings (SSSR count). The molecular weight excluding hydrogens is 268 g/mol. The number of aromatic amines is 1. The highest BCUT2D eigenvalue weighted by Crippen LogP contribution is 2.17. The number of carbonyl (C=O) groups excluding carboxylic acids is 1. The molecule has 0 radical (unpaired) electrons. The number of aryl methyl sites for hydroxylation is 2. The molecule has 2 heterocycles. The Hall–Kier alpha value is -1.62. The Morgan fingerprint density at radius 2 is 2.29 bits per heavy atom. The van der Waals surface area contributed by atoms with Crippen LogP contribution in [0, 0.1) is 13.8 Å². The summed E-state index contributed by atoms with van der Waals surface area (Å²) in [5, 5.41) is 2.91. The predicted octanol–water partition coefficient (Wildman–Crippen LogP) is 2.07. The van der Waals surface area contributed by atoms with Crippen molar-refractivity contribution in [3.05, 3.63) is 33.2 Å². The van der Waals surface area contributed by atoms with Gasteiger partial charge in [-0.1, -0.05) is 0 Å². The minimum Gasteiger partial charge on any atom is -0.378 e. The van der Waals surface area contributed by atoms with Crippen molar-refractivity contribution >= 4 is 5.91 Å². The minimum absolute atomic E-state index is 0.0294. The minimum atomic E-state index is -0.323. The Kier molecular flexibility index (Phi) is 5.17. The van der Waals surface area contributed by atoms with Gasteiger partial charge in [-0.3, -0.25) is 9.59 Å². The highest BCUT2D eigenvalue weighted by Gasteiger charge is 2.19. The van der Waals surface area contributed by atoms with E-state index in [2.05, 4.69) is 10.3 Å². The van der Waals surface area contributed by atoms with Crippen LogP contribution in [0.15, 0.2) is 10.9 Å². The Morgan fingerprint density at radius 1 is 1.52 bits per heavy atom. The zero-order valence-electron chi connectivity index (χ0n) is 13.0. The molecule has 0 aliphatic carbocycles. The average molecular weight is 292 g/mol. The van der Waals surface area contributed by atoms with E-state index in [9.17, 15) is 9.59 Å². The molecule has 0 aromatic carbocycles. The number of rotatable bonds is 5. The molecule has 2 atom stereocenters. The summed E-state index contributed by atoms with van der Waals surface area (Å²) in [7, 11) is 0. The number of hydrogen-bond acceptors (Lipinski definition) is 3. The van der Waals surface area contributed by atoms with Gasteiger partial charge in [0.25, 0.3) is 11.5 Å². The third-order valence-corrected chi connectivity index (χ3v) is 3.92. The van der Waals surface area contributed by atoms with Gasteiger partial charge in [0.2, 0.25) is 0 Å². The lowest BCUT2D eigenvalue weighted by atomic mass is 10.1. The maximum atomic E-state index is 12.2. The van der Waals surface area contributed by atoms with Gasteiger partial charge in [0.15, 0.2) is 0 Å². The maximum absolute atomic E-state index is 12.2. The Morgan fingerprint density at radius 3 is 2.90 bits per heavy atom. The molecule has 5 heteroatoms. The van der Waals surface area contributed by atoms with Gasteiger partial charge in [-0.15, -0.1) is 0 Å². The van der Waals surface area contributed by atoms with E-state index < -0.39 is 0 Å². The van der Waals surface area contributed by atoms with Crippen molar-refractivity contribution < 1.29 is 9.53 Å². The number of pyridine rings is 1. The second-order valence-corrected chi connectivity index (χ2v) is 5.93. The van der Waals surface area contributed by atoms with Gasteiger partial charge in [-0.2, -0.15) is 0 Å². The molecule has 0 saturated carbocycles. The number of amides is 1. The van der Waals surface area contributed by atoms with E-state index in [1.807, 2.05) is 13.0 Å². The summed E-state index contributed by atoms with van der Waals surface area (Å²) in [5.74, 6) is -0.298. The first-order valence-corrected chi connectivity index (χ1v) is 7.60. The molecule has 1 aromatic heterocycles. The molecule has 21 heavy (non-hydrogen) atoms. The van der Waals surface area contributed by atoms with Crippen molar-refractivity contribution in [2.24, 2.45) is 0 Å². The first-order valence-electron chi connectivity index (χ1n) is 7.60. The van der Waals surface area contributed by atoms with Crippen molar-refractivity contribution in [1.29, 1.82) is 0 Å². The van der Waals surface area contributed by atoms with Crippen molar-refractivity contribution in [3.63, 3.8) is 0 Å². The summed E-state index contributed by atoms with van der Waals surface area (Å²) < 4.78 is 5.58. The zero-order valence-corrected chi connectivity index (χ0v) is 13.0. The topological polar surface area (TPSA) is 71.2 Å². The van der Waals surface area contributed by atoms with Crippen LogP contribution in [0.4, 0.5) is 0 Å². The quantitative estimate of drug-likeness (QED) is 0.872. The maximum Gasteiger partial charge on any atom is 0.261 e. The van der Waals surface area contributed by atoms with Crippen LogP contribution < -0.4 is 10.9 Å². The molecule has 2 N–H and O–H groups in total. The number of carbonyl (C=O) groups is 1. The van der Waals surface area contributed by atoms with E-state index in [-0.39, 0.29) is 23.1 Å². The normalized spacial score (nSPS) is 19.5. The number of nitrogens with one attached hydrogen (secondary N) is 2.